The lowest BCUT2D eigenvalue weighted by Gasteiger charge is -2.42. The van der Waals surface area contributed by atoms with Crippen LogP contribution < -0.4 is 10.2 Å². The number of pyridine rings is 1. The molecule has 0 aliphatic carbocycles. The highest BCUT2D eigenvalue weighted by molar-refractivity contribution is 7.99. The van der Waals surface area contributed by atoms with E-state index in [1.165, 1.54) is 17.9 Å². The van der Waals surface area contributed by atoms with Crippen molar-refractivity contribution < 1.29 is 4.74 Å². The Hall–Kier alpha value is -1.51. The van der Waals surface area contributed by atoms with Gasteiger partial charge in [-0.1, -0.05) is 6.07 Å². The summed E-state index contributed by atoms with van der Waals surface area (Å²) < 4.78 is 5.60. The van der Waals surface area contributed by atoms with E-state index in [0.717, 1.165) is 77.3 Å². The highest BCUT2D eigenvalue weighted by atomic mass is 32.2. The third-order valence-corrected chi connectivity index (χ3v) is 7.41. The standard InChI is InChI=1S/C21H34N6OS/c1-2-22-20(26-10-8-25(9-11-26)19-5-3-4-7-23-19)24-17-21(6-16-29-18-21)27-12-14-28-15-13-27/h3-5,7H,2,6,8-18H2,1H3,(H,22,24). The number of morpholine rings is 1. The van der Waals surface area contributed by atoms with Crippen molar-refractivity contribution in [3.05, 3.63) is 24.4 Å². The summed E-state index contributed by atoms with van der Waals surface area (Å²) in [4.78, 5) is 17.1. The van der Waals surface area contributed by atoms with Gasteiger partial charge in [-0.2, -0.15) is 11.8 Å². The maximum atomic E-state index is 5.60. The summed E-state index contributed by atoms with van der Waals surface area (Å²) in [6, 6.07) is 6.13. The number of hydrogen-bond acceptors (Lipinski definition) is 6. The van der Waals surface area contributed by atoms with Gasteiger partial charge in [0.15, 0.2) is 5.96 Å². The number of piperazine rings is 1. The quantitative estimate of drug-likeness (QED) is 0.573. The number of ether oxygens (including phenoxy) is 1. The number of rotatable bonds is 5. The first-order valence-corrected chi connectivity index (χ1v) is 12.1. The molecule has 3 saturated heterocycles. The van der Waals surface area contributed by atoms with Gasteiger partial charge in [-0.15, -0.1) is 0 Å². The van der Waals surface area contributed by atoms with Crippen LogP contribution in [0.2, 0.25) is 0 Å². The second-order valence-corrected chi connectivity index (χ2v) is 9.06. The van der Waals surface area contributed by atoms with E-state index in [0.29, 0.717) is 0 Å². The van der Waals surface area contributed by atoms with Gasteiger partial charge in [-0.3, -0.25) is 9.89 Å². The van der Waals surface area contributed by atoms with Gasteiger partial charge in [0.2, 0.25) is 0 Å². The Morgan fingerprint density at radius 1 is 1.21 bits per heavy atom. The molecule has 4 heterocycles. The Bertz CT molecular complexity index is 652. The number of guanidine groups is 1. The third-order valence-electron chi connectivity index (χ3n) is 6.17. The van der Waals surface area contributed by atoms with Gasteiger partial charge in [0.25, 0.3) is 0 Å². The Morgan fingerprint density at radius 3 is 2.69 bits per heavy atom. The average Bonchev–Trinajstić information content (AvgIpc) is 3.28. The summed E-state index contributed by atoms with van der Waals surface area (Å²) in [5.74, 6) is 4.57. The predicted molar refractivity (Wildman–Crippen MR) is 121 cm³/mol. The molecular weight excluding hydrogens is 384 g/mol. The lowest BCUT2D eigenvalue weighted by molar-refractivity contribution is -0.0105. The normalized spacial score (nSPS) is 26.7. The Labute approximate surface area is 178 Å². The Kier molecular flexibility index (Phi) is 7.15. The highest BCUT2D eigenvalue weighted by Crippen LogP contribution is 2.34. The van der Waals surface area contributed by atoms with Crippen LogP contribution in [0.1, 0.15) is 13.3 Å². The van der Waals surface area contributed by atoms with Crippen LogP contribution in [0.3, 0.4) is 0 Å². The van der Waals surface area contributed by atoms with Gasteiger partial charge in [0.1, 0.15) is 5.82 Å². The number of aromatic nitrogens is 1. The van der Waals surface area contributed by atoms with Gasteiger partial charge in [0.05, 0.1) is 25.3 Å². The van der Waals surface area contributed by atoms with E-state index in [4.69, 9.17) is 9.73 Å². The lowest BCUT2D eigenvalue weighted by atomic mass is 9.96. The fraction of sp³-hybridized carbons (Fsp3) is 0.714. The maximum absolute atomic E-state index is 5.60. The largest absolute Gasteiger partial charge is 0.379 e. The van der Waals surface area contributed by atoms with Crippen LogP contribution in [0.4, 0.5) is 5.82 Å². The molecule has 3 aliphatic rings. The number of hydrogen-bond donors (Lipinski definition) is 1. The van der Waals surface area contributed by atoms with Crippen molar-refractivity contribution in [1.82, 2.24) is 20.1 Å². The molecular formula is C21H34N6OS. The summed E-state index contributed by atoms with van der Waals surface area (Å²) in [6.07, 6.45) is 3.10. The minimum atomic E-state index is 0.199. The molecule has 1 N–H and O–H groups in total. The van der Waals surface area contributed by atoms with Crippen LogP contribution in [0, 0.1) is 0 Å². The molecule has 0 radical (unpaired) electrons. The van der Waals surface area contributed by atoms with Crippen molar-refractivity contribution in [3.63, 3.8) is 0 Å². The zero-order valence-corrected chi connectivity index (χ0v) is 18.4. The van der Waals surface area contributed by atoms with Crippen LogP contribution >= 0.6 is 11.8 Å². The van der Waals surface area contributed by atoms with E-state index < -0.39 is 0 Å². The van der Waals surface area contributed by atoms with Gasteiger partial charge >= 0.3 is 0 Å². The van der Waals surface area contributed by atoms with Gasteiger partial charge < -0.3 is 19.9 Å². The molecule has 8 heteroatoms. The van der Waals surface area contributed by atoms with E-state index in [2.05, 4.69) is 55.8 Å². The van der Waals surface area contributed by atoms with Gasteiger partial charge in [0, 0.05) is 57.8 Å². The van der Waals surface area contributed by atoms with Crippen molar-refractivity contribution in [2.45, 2.75) is 18.9 Å². The smallest absolute Gasteiger partial charge is 0.194 e. The van der Waals surface area contributed by atoms with Crippen molar-refractivity contribution in [2.75, 3.05) is 82.0 Å². The predicted octanol–water partition coefficient (Wildman–Crippen LogP) is 1.38. The number of nitrogens with one attached hydrogen (secondary N) is 1. The molecule has 0 saturated carbocycles. The first-order chi connectivity index (χ1) is 14.3. The SMILES string of the molecule is CCNC(=NCC1(N2CCOCC2)CCSC1)N1CCN(c2ccccn2)CC1. The first-order valence-electron chi connectivity index (χ1n) is 10.9. The summed E-state index contributed by atoms with van der Waals surface area (Å²) in [6.45, 7) is 11.6. The fourth-order valence-corrected chi connectivity index (χ4v) is 5.91. The second kappa shape index (κ2) is 10.00. The van der Waals surface area contributed by atoms with E-state index in [-0.39, 0.29) is 5.54 Å². The maximum Gasteiger partial charge on any atom is 0.194 e. The molecule has 0 spiro atoms. The van der Waals surface area contributed by atoms with E-state index >= 15 is 0 Å². The molecule has 1 atom stereocenters. The van der Waals surface area contributed by atoms with Crippen LogP contribution in [-0.4, -0.2) is 103 Å². The minimum absolute atomic E-state index is 0.199. The molecule has 0 aromatic carbocycles. The zero-order valence-electron chi connectivity index (χ0n) is 17.6. The van der Waals surface area contributed by atoms with Crippen molar-refractivity contribution >= 4 is 23.5 Å². The molecule has 3 aliphatic heterocycles. The molecule has 0 amide bonds. The van der Waals surface area contributed by atoms with E-state index in [9.17, 15) is 0 Å². The molecule has 1 aromatic rings. The summed E-state index contributed by atoms with van der Waals surface area (Å²) in [5, 5.41) is 3.54. The highest BCUT2D eigenvalue weighted by Gasteiger charge is 2.40. The van der Waals surface area contributed by atoms with E-state index in [1.54, 1.807) is 0 Å². The van der Waals surface area contributed by atoms with Gasteiger partial charge in [-0.05, 0) is 31.2 Å². The van der Waals surface area contributed by atoms with E-state index in [1.807, 2.05) is 12.3 Å². The van der Waals surface area contributed by atoms with Crippen molar-refractivity contribution in [1.29, 1.82) is 0 Å². The number of nitrogens with zero attached hydrogens (tertiary/aromatic N) is 5. The molecule has 1 unspecified atom stereocenters. The Balaban J connectivity index is 1.41. The molecule has 3 fully saturated rings. The Morgan fingerprint density at radius 2 is 2.03 bits per heavy atom. The first kappa shape index (κ1) is 20.8. The zero-order chi connectivity index (χ0) is 19.9. The average molecular weight is 419 g/mol. The molecule has 29 heavy (non-hydrogen) atoms. The summed E-state index contributed by atoms with van der Waals surface area (Å²) in [5.41, 5.74) is 0.199. The molecule has 0 bridgehead atoms. The fourth-order valence-electron chi connectivity index (χ4n) is 4.44. The topological polar surface area (TPSA) is 56.2 Å². The number of thioether (sulfide) groups is 1. The second-order valence-electron chi connectivity index (χ2n) is 7.96. The van der Waals surface area contributed by atoms with Crippen LogP contribution in [0.15, 0.2) is 29.4 Å². The molecule has 4 rings (SSSR count). The molecule has 160 valence electrons. The monoisotopic (exact) mass is 418 g/mol. The van der Waals surface area contributed by atoms with Crippen LogP contribution in [0.25, 0.3) is 0 Å². The third kappa shape index (κ3) is 4.98. The lowest BCUT2D eigenvalue weighted by Crippen LogP contribution is -2.57. The van der Waals surface area contributed by atoms with Gasteiger partial charge in [-0.25, -0.2) is 4.98 Å². The summed E-state index contributed by atoms with van der Waals surface area (Å²) in [7, 11) is 0. The summed E-state index contributed by atoms with van der Waals surface area (Å²) >= 11 is 2.07. The minimum Gasteiger partial charge on any atom is -0.379 e. The van der Waals surface area contributed by atoms with Crippen LogP contribution in [-0.2, 0) is 4.74 Å². The number of aliphatic imine (C=N–C) groups is 1. The number of anilines is 1. The van der Waals surface area contributed by atoms with Crippen molar-refractivity contribution in [3.8, 4) is 0 Å². The molecule has 1 aromatic heterocycles. The molecule has 7 nitrogen and oxygen atoms in total. The van der Waals surface area contributed by atoms with Crippen molar-refractivity contribution in [2.24, 2.45) is 4.99 Å². The van der Waals surface area contributed by atoms with Crippen LogP contribution in [0.5, 0.6) is 0 Å².